The van der Waals surface area contributed by atoms with Crippen LogP contribution in [0.4, 0.5) is 0 Å². The molecule has 1 fully saturated rings. The van der Waals surface area contributed by atoms with Crippen LogP contribution < -0.4 is 10.1 Å². The lowest BCUT2D eigenvalue weighted by molar-refractivity contribution is 0.0234. The van der Waals surface area contributed by atoms with Crippen LogP contribution in [0.3, 0.4) is 0 Å². The number of amides is 1. The van der Waals surface area contributed by atoms with Gasteiger partial charge in [0.25, 0.3) is 5.91 Å². The van der Waals surface area contributed by atoms with Gasteiger partial charge in [0.1, 0.15) is 5.75 Å². The Hall–Kier alpha value is -2.41. The van der Waals surface area contributed by atoms with Crippen molar-refractivity contribution < 1.29 is 14.6 Å². The lowest BCUT2D eigenvalue weighted by Gasteiger charge is -2.38. The second kappa shape index (κ2) is 5.66. The number of aliphatic hydroxyl groups is 1. The normalized spacial score (nSPS) is 23.5. The number of fused-ring (bicyclic) bond motifs is 1. The van der Waals surface area contributed by atoms with E-state index in [0.717, 1.165) is 17.7 Å². The van der Waals surface area contributed by atoms with Crippen molar-refractivity contribution in [2.45, 2.75) is 31.4 Å². The predicted octanol–water partition coefficient (Wildman–Crippen LogP) is 0.982. The molecule has 7 nitrogen and oxygen atoms in total. The molecule has 1 atom stereocenters. The Labute approximate surface area is 133 Å². The highest BCUT2D eigenvalue weighted by atomic mass is 16.5. The van der Waals surface area contributed by atoms with Crippen LogP contribution in [-0.2, 0) is 6.42 Å². The van der Waals surface area contributed by atoms with Gasteiger partial charge in [-0.05, 0) is 42.0 Å². The molecule has 0 bridgehead atoms. The topological polar surface area (TPSA) is 100 Å². The lowest BCUT2D eigenvalue weighted by Crippen LogP contribution is -2.41. The zero-order chi connectivity index (χ0) is 15.8. The number of ether oxygens (including phenoxy) is 1. The van der Waals surface area contributed by atoms with Gasteiger partial charge < -0.3 is 15.2 Å². The molecular weight excluding hydrogens is 296 g/mol. The summed E-state index contributed by atoms with van der Waals surface area (Å²) in [5.41, 5.74) is 2.48. The van der Waals surface area contributed by atoms with Crippen molar-refractivity contribution in [1.82, 2.24) is 20.7 Å². The average molecular weight is 314 g/mol. The maximum absolute atomic E-state index is 12.3. The quantitative estimate of drug-likeness (QED) is 0.781. The van der Waals surface area contributed by atoms with Gasteiger partial charge in [-0.1, -0.05) is 6.07 Å². The van der Waals surface area contributed by atoms with E-state index in [9.17, 15) is 9.90 Å². The smallest absolute Gasteiger partial charge is 0.273 e. The van der Waals surface area contributed by atoms with E-state index in [0.29, 0.717) is 19.4 Å². The van der Waals surface area contributed by atoms with Gasteiger partial charge in [0.05, 0.1) is 24.9 Å². The summed E-state index contributed by atoms with van der Waals surface area (Å²) in [5.74, 6) is 0.882. The highest BCUT2D eigenvalue weighted by Crippen LogP contribution is 2.39. The molecule has 0 spiro atoms. The maximum Gasteiger partial charge on any atom is 0.273 e. The Morgan fingerprint density at radius 2 is 2.30 bits per heavy atom. The molecule has 2 aliphatic rings. The molecule has 1 aliphatic carbocycles. The molecule has 4 rings (SSSR count). The lowest BCUT2D eigenvalue weighted by atomic mass is 9.75. The summed E-state index contributed by atoms with van der Waals surface area (Å²) in [4.78, 5) is 12.3. The number of carbonyl (C=O) groups excluding carboxylic acids is 1. The molecule has 3 N–H and O–H groups in total. The van der Waals surface area contributed by atoms with E-state index in [2.05, 4.69) is 26.8 Å². The van der Waals surface area contributed by atoms with E-state index in [1.807, 2.05) is 12.1 Å². The number of carbonyl (C=O) groups is 1. The molecule has 23 heavy (non-hydrogen) atoms. The summed E-state index contributed by atoms with van der Waals surface area (Å²) in [6.45, 7) is 0.705. The monoisotopic (exact) mass is 314 g/mol. The van der Waals surface area contributed by atoms with E-state index in [1.165, 1.54) is 11.8 Å². The molecule has 120 valence electrons. The first kappa shape index (κ1) is 14.2. The molecule has 0 saturated heterocycles. The molecule has 1 amide bonds. The van der Waals surface area contributed by atoms with Gasteiger partial charge in [-0.3, -0.25) is 4.79 Å². The minimum absolute atomic E-state index is 0.145. The Balaban J connectivity index is 1.59. The third kappa shape index (κ3) is 2.68. The fraction of sp³-hybridized carbons (Fsp3) is 0.438. The number of nitrogens with zero attached hydrogens (tertiary/aromatic N) is 2. The van der Waals surface area contributed by atoms with Crippen LogP contribution in [0.2, 0.25) is 0 Å². The van der Waals surface area contributed by atoms with Gasteiger partial charge in [0, 0.05) is 6.42 Å². The predicted molar refractivity (Wildman–Crippen MR) is 81.0 cm³/mol. The molecule has 0 radical (unpaired) electrons. The SMILES string of the molecule is O=C(N[C@H](c1ccc2c(c1)CCO2)C1CC(O)C1)c1cn[nH]n1. The molecular formula is C16H18N4O3. The second-order valence-electron chi connectivity index (χ2n) is 6.16. The number of hydrogen-bond donors (Lipinski definition) is 3. The van der Waals surface area contributed by atoms with E-state index in [1.54, 1.807) is 0 Å². The summed E-state index contributed by atoms with van der Waals surface area (Å²) in [6, 6.07) is 5.90. The van der Waals surface area contributed by atoms with Crippen LogP contribution in [0, 0.1) is 5.92 Å². The van der Waals surface area contributed by atoms with Crippen molar-refractivity contribution in [3.63, 3.8) is 0 Å². The van der Waals surface area contributed by atoms with Crippen molar-refractivity contribution in [2.75, 3.05) is 6.61 Å². The molecule has 0 unspecified atom stereocenters. The first-order valence-corrected chi connectivity index (χ1v) is 7.81. The fourth-order valence-corrected chi connectivity index (χ4v) is 3.30. The van der Waals surface area contributed by atoms with Crippen LogP contribution in [0.1, 0.15) is 40.5 Å². The highest BCUT2D eigenvalue weighted by Gasteiger charge is 2.36. The standard InChI is InChI=1S/C16H18N4O3/c21-12-6-11(7-12)15(18-16(22)13-8-17-20-19-13)10-1-2-14-9(5-10)3-4-23-14/h1-2,5,8,11-12,15,21H,3-4,6-7H2,(H,18,22)(H,17,19,20)/t11?,12?,15-/m1/s1. The number of H-pyrrole nitrogens is 1. The number of aromatic nitrogens is 3. The van der Waals surface area contributed by atoms with E-state index in [4.69, 9.17) is 4.74 Å². The van der Waals surface area contributed by atoms with E-state index in [-0.39, 0.29) is 29.7 Å². The number of nitrogens with one attached hydrogen (secondary N) is 2. The average Bonchev–Trinajstić information content (AvgIpc) is 3.19. The minimum atomic E-state index is -0.274. The van der Waals surface area contributed by atoms with Gasteiger partial charge in [0.15, 0.2) is 5.69 Å². The minimum Gasteiger partial charge on any atom is -0.493 e. The van der Waals surface area contributed by atoms with Crippen molar-refractivity contribution in [1.29, 1.82) is 0 Å². The Morgan fingerprint density at radius 1 is 1.43 bits per heavy atom. The second-order valence-corrected chi connectivity index (χ2v) is 6.16. The van der Waals surface area contributed by atoms with Crippen molar-refractivity contribution in [3.8, 4) is 5.75 Å². The molecule has 2 heterocycles. The van der Waals surface area contributed by atoms with Crippen molar-refractivity contribution >= 4 is 5.91 Å². The molecule has 2 aromatic rings. The van der Waals surface area contributed by atoms with Gasteiger partial charge in [-0.2, -0.15) is 15.4 Å². The maximum atomic E-state index is 12.3. The van der Waals surface area contributed by atoms with E-state index >= 15 is 0 Å². The Morgan fingerprint density at radius 3 is 3.04 bits per heavy atom. The van der Waals surface area contributed by atoms with Crippen LogP contribution in [0.15, 0.2) is 24.4 Å². The third-order valence-corrected chi connectivity index (χ3v) is 4.63. The fourth-order valence-electron chi connectivity index (χ4n) is 3.30. The van der Waals surface area contributed by atoms with Crippen LogP contribution in [0.25, 0.3) is 0 Å². The number of rotatable bonds is 4. The van der Waals surface area contributed by atoms with Crippen molar-refractivity contribution in [2.24, 2.45) is 5.92 Å². The van der Waals surface area contributed by atoms with Crippen LogP contribution in [0.5, 0.6) is 5.75 Å². The van der Waals surface area contributed by atoms with Crippen LogP contribution >= 0.6 is 0 Å². The molecule has 1 aromatic carbocycles. The number of benzene rings is 1. The summed E-state index contributed by atoms with van der Waals surface area (Å²) in [7, 11) is 0. The Kier molecular flexibility index (Phi) is 3.49. The number of hydrogen-bond acceptors (Lipinski definition) is 5. The Bertz CT molecular complexity index is 710. The highest BCUT2D eigenvalue weighted by molar-refractivity contribution is 5.92. The zero-order valence-electron chi connectivity index (χ0n) is 12.5. The first-order valence-electron chi connectivity index (χ1n) is 7.81. The summed E-state index contributed by atoms with van der Waals surface area (Å²) in [6.07, 6.45) is 3.40. The van der Waals surface area contributed by atoms with Gasteiger partial charge >= 0.3 is 0 Å². The third-order valence-electron chi connectivity index (χ3n) is 4.63. The van der Waals surface area contributed by atoms with Crippen LogP contribution in [-0.4, -0.2) is 39.1 Å². The summed E-state index contributed by atoms with van der Waals surface area (Å²) < 4.78 is 5.54. The van der Waals surface area contributed by atoms with Crippen molar-refractivity contribution in [3.05, 3.63) is 41.2 Å². The molecule has 1 saturated carbocycles. The molecule has 1 aliphatic heterocycles. The summed E-state index contributed by atoms with van der Waals surface area (Å²) >= 11 is 0. The summed E-state index contributed by atoms with van der Waals surface area (Å²) in [5, 5.41) is 22.6. The number of aromatic amines is 1. The van der Waals surface area contributed by atoms with Gasteiger partial charge in [-0.25, -0.2) is 0 Å². The molecule has 1 aromatic heterocycles. The van der Waals surface area contributed by atoms with Gasteiger partial charge in [-0.15, -0.1) is 0 Å². The van der Waals surface area contributed by atoms with Gasteiger partial charge in [0.2, 0.25) is 0 Å². The zero-order valence-corrected chi connectivity index (χ0v) is 12.5. The largest absolute Gasteiger partial charge is 0.493 e. The van der Waals surface area contributed by atoms with E-state index < -0.39 is 0 Å². The molecule has 7 heteroatoms. The number of aliphatic hydroxyl groups excluding tert-OH is 1. The first-order chi connectivity index (χ1) is 11.2.